The number of aromatic amines is 1. The number of anilines is 1. The van der Waals surface area contributed by atoms with E-state index in [1.807, 2.05) is 19.1 Å². The average Bonchev–Trinajstić information content (AvgIpc) is 2.67. The first-order valence-electron chi connectivity index (χ1n) is 8.46. The second kappa shape index (κ2) is 8.05. The number of carbonyl (C=O) groups is 1. The van der Waals surface area contributed by atoms with E-state index in [0.29, 0.717) is 16.3 Å². The van der Waals surface area contributed by atoms with Crippen molar-refractivity contribution < 1.29 is 4.79 Å². The van der Waals surface area contributed by atoms with Gasteiger partial charge in [-0.05, 0) is 35.7 Å². The Kier molecular flexibility index (Phi) is 5.57. The van der Waals surface area contributed by atoms with Gasteiger partial charge in [0.2, 0.25) is 0 Å². The summed E-state index contributed by atoms with van der Waals surface area (Å²) in [7, 11) is 0. The average molecular weight is 384 g/mol. The van der Waals surface area contributed by atoms with Crippen molar-refractivity contribution in [1.82, 2.24) is 9.55 Å². The third kappa shape index (κ3) is 4.17. The molecule has 0 fully saturated rings. The zero-order valence-corrected chi connectivity index (χ0v) is 15.4. The van der Waals surface area contributed by atoms with Crippen molar-refractivity contribution >= 4 is 23.2 Å². The zero-order chi connectivity index (χ0) is 19.4. The molecule has 0 aliphatic heterocycles. The van der Waals surface area contributed by atoms with Crippen LogP contribution in [-0.2, 0) is 13.0 Å². The van der Waals surface area contributed by atoms with E-state index < -0.39 is 17.2 Å². The molecule has 0 aliphatic carbocycles. The fraction of sp³-hybridized carbons (Fsp3) is 0.150. The molecule has 27 heavy (non-hydrogen) atoms. The van der Waals surface area contributed by atoms with Crippen molar-refractivity contribution in [2.24, 2.45) is 0 Å². The summed E-state index contributed by atoms with van der Waals surface area (Å²) in [5.74, 6) is -0.589. The van der Waals surface area contributed by atoms with Crippen molar-refractivity contribution in [3.63, 3.8) is 0 Å². The Hall–Kier alpha value is -3.12. The molecule has 138 valence electrons. The van der Waals surface area contributed by atoms with E-state index >= 15 is 0 Å². The van der Waals surface area contributed by atoms with Gasteiger partial charge < -0.3 is 10.3 Å². The summed E-state index contributed by atoms with van der Waals surface area (Å²) >= 11 is 6.11. The number of amides is 1. The van der Waals surface area contributed by atoms with Crippen LogP contribution in [-0.4, -0.2) is 15.5 Å². The highest BCUT2D eigenvalue weighted by atomic mass is 35.5. The van der Waals surface area contributed by atoms with Crippen LogP contribution in [0.3, 0.4) is 0 Å². The zero-order valence-electron chi connectivity index (χ0n) is 14.7. The summed E-state index contributed by atoms with van der Waals surface area (Å²) in [5.41, 5.74) is 0.880. The predicted octanol–water partition coefficient (Wildman–Crippen LogP) is 3.05. The molecule has 1 aromatic heterocycles. The molecule has 7 heteroatoms. The Balaban J connectivity index is 1.90. The first-order valence-corrected chi connectivity index (χ1v) is 8.83. The van der Waals surface area contributed by atoms with Gasteiger partial charge in [-0.25, -0.2) is 4.79 Å². The molecule has 3 aromatic rings. The smallest absolute Gasteiger partial charge is 0.322 e. The molecule has 0 spiro atoms. The highest BCUT2D eigenvalue weighted by molar-refractivity contribution is 6.31. The second-order valence-corrected chi connectivity index (χ2v) is 6.40. The van der Waals surface area contributed by atoms with Gasteiger partial charge in [0.15, 0.2) is 0 Å². The van der Waals surface area contributed by atoms with Crippen LogP contribution in [0.15, 0.2) is 64.3 Å². The maximum atomic E-state index is 12.7. The van der Waals surface area contributed by atoms with Crippen LogP contribution < -0.4 is 16.6 Å². The van der Waals surface area contributed by atoms with E-state index in [4.69, 9.17) is 11.6 Å². The fourth-order valence-electron chi connectivity index (χ4n) is 2.64. The quantitative estimate of drug-likeness (QED) is 0.710. The number of aromatic nitrogens is 2. The Morgan fingerprint density at radius 2 is 1.81 bits per heavy atom. The van der Waals surface area contributed by atoms with Crippen LogP contribution in [0.5, 0.6) is 0 Å². The standard InChI is InChI=1S/C20H18ClN3O3/c1-2-13-7-9-15(10-8-13)23-18(25)16-11-22-20(27)24(19(16)26)12-14-5-3-4-6-17(14)21/h3-11H,2,12H2,1H3,(H,22,27)(H,23,25). The number of H-pyrrole nitrogens is 1. The number of halogens is 1. The number of carbonyl (C=O) groups excluding carboxylic acids is 1. The molecule has 0 saturated heterocycles. The van der Waals surface area contributed by atoms with Crippen LogP contribution >= 0.6 is 11.6 Å². The van der Waals surface area contributed by atoms with E-state index in [0.717, 1.165) is 22.7 Å². The van der Waals surface area contributed by atoms with E-state index in [1.54, 1.807) is 36.4 Å². The molecule has 2 aromatic carbocycles. The van der Waals surface area contributed by atoms with E-state index in [1.165, 1.54) is 0 Å². The van der Waals surface area contributed by atoms with Gasteiger partial charge in [-0.3, -0.25) is 14.2 Å². The van der Waals surface area contributed by atoms with Gasteiger partial charge in [-0.15, -0.1) is 0 Å². The Labute approximate surface area is 160 Å². The van der Waals surface area contributed by atoms with Crippen molar-refractivity contribution in [2.45, 2.75) is 19.9 Å². The summed E-state index contributed by atoms with van der Waals surface area (Å²) in [6.45, 7) is 2.01. The van der Waals surface area contributed by atoms with Crippen molar-refractivity contribution in [2.75, 3.05) is 5.32 Å². The number of benzene rings is 2. The summed E-state index contributed by atoms with van der Waals surface area (Å²) in [6, 6.07) is 14.2. The summed E-state index contributed by atoms with van der Waals surface area (Å²) < 4.78 is 0.955. The molecule has 0 aliphatic rings. The molecular formula is C20H18ClN3O3. The second-order valence-electron chi connectivity index (χ2n) is 5.99. The molecule has 0 atom stereocenters. The van der Waals surface area contributed by atoms with E-state index in [2.05, 4.69) is 10.3 Å². The minimum Gasteiger partial charge on any atom is -0.322 e. The minimum absolute atomic E-state index is 0.0276. The van der Waals surface area contributed by atoms with Crippen LogP contribution in [0.4, 0.5) is 5.69 Å². The Bertz CT molecular complexity index is 1080. The van der Waals surface area contributed by atoms with Crippen molar-refractivity contribution in [1.29, 1.82) is 0 Å². The first-order chi connectivity index (χ1) is 13.0. The van der Waals surface area contributed by atoms with Crippen LogP contribution in [0, 0.1) is 0 Å². The molecule has 6 nitrogen and oxygen atoms in total. The molecule has 3 rings (SSSR count). The topological polar surface area (TPSA) is 84.0 Å². The maximum Gasteiger partial charge on any atom is 0.328 e. The molecule has 0 bridgehead atoms. The molecule has 0 saturated carbocycles. The minimum atomic E-state index is -0.679. The third-order valence-electron chi connectivity index (χ3n) is 4.21. The molecule has 0 radical (unpaired) electrons. The number of rotatable bonds is 5. The molecule has 2 N–H and O–H groups in total. The van der Waals surface area contributed by atoms with Gasteiger partial charge >= 0.3 is 5.69 Å². The molecule has 1 amide bonds. The number of hydrogen-bond acceptors (Lipinski definition) is 3. The van der Waals surface area contributed by atoms with Gasteiger partial charge in [-0.1, -0.05) is 48.9 Å². The molecule has 0 unspecified atom stereocenters. The van der Waals surface area contributed by atoms with Gasteiger partial charge in [0, 0.05) is 16.9 Å². The molecule has 1 heterocycles. The first kappa shape index (κ1) is 18.7. The third-order valence-corrected chi connectivity index (χ3v) is 4.58. The monoisotopic (exact) mass is 383 g/mol. The van der Waals surface area contributed by atoms with Crippen LogP contribution in [0.2, 0.25) is 5.02 Å². The van der Waals surface area contributed by atoms with E-state index in [9.17, 15) is 14.4 Å². The SMILES string of the molecule is CCc1ccc(NC(=O)c2c[nH]c(=O)n(Cc3ccccc3Cl)c2=O)cc1. The summed E-state index contributed by atoms with van der Waals surface area (Å²) in [4.78, 5) is 39.7. The van der Waals surface area contributed by atoms with Gasteiger partial charge in [0.25, 0.3) is 11.5 Å². The Morgan fingerprint density at radius 3 is 2.48 bits per heavy atom. The lowest BCUT2D eigenvalue weighted by atomic mass is 10.1. The van der Waals surface area contributed by atoms with Gasteiger partial charge in [-0.2, -0.15) is 0 Å². The molecular weight excluding hydrogens is 366 g/mol. The number of hydrogen-bond donors (Lipinski definition) is 2. The van der Waals surface area contributed by atoms with Crippen molar-refractivity contribution in [3.8, 4) is 0 Å². The lowest BCUT2D eigenvalue weighted by Crippen LogP contribution is -2.39. The lowest BCUT2D eigenvalue weighted by molar-refractivity contribution is 0.102. The number of nitrogens with one attached hydrogen (secondary N) is 2. The van der Waals surface area contributed by atoms with E-state index in [-0.39, 0.29) is 12.1 Å². The fourth-order valence-corrected chi connectivity index (χ4v) is 2.83. The normalized spacial score (nSPS) is 10.6. The highest BCUT2D eigenvalue weighted by Gasteiger charge is 2.16. The van der Waals surface area contributed by atoms with Crippen LogP contribution in [0.1, 0.15) is 28.4 Å². The summed E-state index contributed by atoms with van der Waals surface area (Å²) in [5, 5.41) is 3.11. The van der Waals surface area contributed by atoms with Crippen LogP contribution in [0.25, 0.3) is 0 Å². The van der Waals surface area contributed by atoms with Gasteiger partial charge in [0.05, 0.1) is 6.54 Å². The van der Waals surface area contributed by atoms with Gasteiger partial charge in [0.1, 0.15) is 5.56 Å². The maximum absolute atomic E-state index is 12.7. The van der Waals surface area contributed by atoms with Crippen molar-refractivity contribution in [3.05, 3.63) is 97.3 Å². The highest BCUT2D eigenvalue weighted by Crippen LogP contribution is 2.15. The number of aryl methyl sites for hydroxylation is 1. The predicted molar refractivity (Wildman–Crippen MR) is 106 cm³/mol. The lowest BCUT2D eigenvalue weighted by Gasteiger charge is -2.09. The summed E-state index contributed by atoms with van der Waals surface area (Å²) in [6.07, 6.45) is 2.02. The Morgan fingerprint density at radius 1 is 1.11 bits per heavy atom. The number of nitrogens with zero attached hydrogens (tertiary/aromatic N) is 1. The largest absolute Gasteiger partial charge is 0.328 e.